The number of carboxylic acid groups (broad SMARTS) is 1. The summed E-state index contributed by atoms with van der Waals surface area (Å²) in [6.45, 7) is 3.77. The van der Waals surface area contributed by atoms with E-state index in [0.717, 1.165) is 17.2 Å². The van der Waals surface area contributed by atoms with E-state index in [2.05, 4.69) is 5.32 Å². The van der Waals surface area contributed by atoms with Crippen LogP contribution in [0.1, 0.15) is 33.2 Å². The van der Waals surface area contributed by atoms with Crippen LogP contribution in [-0.4, -0.2) is 29.4 Å². The number of benzene rings is 2. The highest BCUT2D eigenvalue weighted by Gasteiger charge is 2.23. The van der Waals surface area contributed by atoms with Crippen molar-refractivity contribution in [3.63, 3.8) is 0 Å². The Hall–Kier alpha value is -3.71. The second-order valence-electron chi connectivity index (χ2n) is 6.66. The first-order valence-electron chi connectivity index (χ1n) is 9.57. The number of allylic oxidation sites excluding steroid dienone is 1. The fraction of sp³-hybridized carbons (Fsp3) is 0.125. The van der Waals surface area contributed by atoms with Crippen LogP contribution in [0, 0.1) is 6.92 Å². The summed E-state index contributed by atoms with van der Waals surface area (Å²) in [5, 5.41) is 14.4. The monoisotopic (exact) mass is 435 g/mol. The zero-order valence-electron chi connectivity index (χ0n) is 17.0. The Balaban J connectivity index is 1.99. The summed E-state index contributed by atoms with van der Waals surface area (Å²) in [6.07, 6.45) is 1.02. The van der Waals surface area contributed by atoms with E-state index < -0.39 is 17.7 Å². The molecule has 158 valence electrons. The van der Waals surface area contributed by atoms with Crippen LogP contribution in [0.2, 0.25) is 0 Å². The topological polar surface area (TPSA) is 92.7 Å². The van der Waals surface area contributed by atoms with Crippen molar-refractivity contribution in [3.8, 4) is 11.1 Å². The Kier molecular flexibility index (Phi) is 6.99. The summed E-state index contributed by atoms with van der Waals surface area (Å²) < 4.78 is 5.19. The van der Waals surface area contributed by atoms with E-state index in [1.54, 1.807) is 36.6 Å². The van der Waals surface area contributed by atoms with Crippen LogP contribution in [0.4, 0.5) is 5.00 Å². The first-order valence-corrected chi connectivity index (χ1v) is 10.5. The number of carboxylic acids is 1. The Labute approximate surface area is 183 Å². The summed E-state index contributed by atoms with van der Waals surface area (Å²) >= 11 is 1.17. The van der Waals surface area contributed by atoms with Crippen LogP contribution in [0.15, 0.2) is 71.8 Å². The van der Waals surface area contributed by atoms with Gasteiger partial charge in [-0.05, 0) is 19.4 Å². The summed E-state index contributed by atoms with van der Waals surface area (Å²) in [5.74, 6) is -2.34. The third-order valence-corrected chi connectivity index (χ3v) is 5.34. The number of aliphatic carboxylic acids is 1. The molecule has 3 rings (SSSR count). The molecule has 0 aliphatic rings. The molecular formula is C24H21NO5S. The van der Waals surface area contributed by atoms with Gasteiger partial charge in [-0.2, -0.15) is 0 Å². The molecule has 0 bridgehead atoms. The normalized spacial score (nSPS) is 11.1. The van der Waals surface area contributed by atoms with Crippen molar-refractivity contribution in [2.24, 2.45) is 0 Å². The van der Waals surface area contributed by atoms with E-state index in [1.807, 2.05) is 37.3 Å². The van der Waals surface area contributed by atoms with Gasteiger partial charge in [-0.3, -0.25) is 4.79 Å². The quantitative estimate of drug-likeness (QED) is 0.288. The van der Waals surface area contributed by atoms with E-state index >= 15 is 0 Å². The predicted molar refractivity (Wildman–Crippen MR) is 121 cm³/mol. The first kappa shape index (κ1) is 22.0. The Morgan fingerprint density at radius 1 is 1.06 bits per heavy atom. The van der Waals surface area contributed by atoms with Crippen LogP contribution in [0.3, 0.4) is 0 Å². The molecule has 0 aliphatic heterocycles. The molecule has 2 aromatic carbocycles. The molecule has 0 saturated carbocycles. The number of carbonyl (C=O) groups excluding carboxylic acids is 2. The maximum atomic E-state index is 12.7. The number of ketones is 1. The highest BCUT2D eigenvalue weighted by molar-refractivity contribution is 7.15. The molecule has 0 unspecified atom stereocenters. The molecule has 0 atom stereocenters. The Morgan fingerprint density at radius 2 is 1.74 bits per heavy atom. The van der Waals surface area contributed by atoms with Gasteiger partial charge in [-0.15, -0.1) is 11.3 Å². The highest BCUT2D eigenvalue weighted by Crippen LogP contribution is 2.37. The minimum absolute atomic E-state index is 0.176. The van der Waals surface area contributed by atoms with Gasteiger partial charge in [0.2, 0.25) is 0 Å². The average molecular weight is 436 g/mol. The zero-order chi connectivity index (χ0) is 22.4. The van der Waals surface area contributed by atoms with Gasteiger partial charge in [0.1, 0.15) is 16.3 Å². The first-order chi connectivity index (χ1) is 14.9. The number of carbonyl (C=O) groups is 3. The largest absolute Gasteiger partial charge is 0.477 e. The summed E-state index contributed by atoms with van der Waals surface area (Å²) in [4.78, 5) is 37.0. The minimum atomic E-state index is -1.31. The molecule has 0 aliphatic carbocycles. The lowest BCUT2D eigenvalue weighted by Gasteiger charge is -2.10. The van der Waals surface area contributed by atoms with Gasteiger partial charge in [0.15, 0.2) is 5.78 Å². The van der Waals surface area contributed by atoms with Gasteiger partial charge in [0.25, 0.3) is 0 Å². The molecule has 6 nitrogen and oxygen atoms in total. The number of hydrogen-bond donors (Lipinski definition) is 2. The van der Waals surface area contributed by atoms with E-state index in [4.69, 9.17) is 4.74 Å². The molecule has 0 fully saturated rings. The van der Waals surface area contributed by atoms with E-state index in [9.17, 15) is 19.5 Å². The summed E-state index contributed by atoms with van der Waals surface area (Å²) in [7, 11) is 0. The maximum Gasteiger partial charge on any atom is 0.352 e. The number of aryl methyl sites for hydroxylation is 1. The summed E-state index contributed by atoms with van der Waals surface area (Å²) in [5.41, 5.74) is 2.68. The van der Waals surface area contributed by atoms with Gasteiger partial charge in [-0.1, -0.05) is 60.2 Å². The number of esters is 1. The molecule has 0 spiro atoms. The second kappa shape index (κ2) is 9.86. The van der Waals surface area contributed by atoms with Crippen molar-refractivity contribution in [1.29, 1.82) is 0 Å². The lowest BCUT2D eigenvalue weighted by Crippen LogP contribution is -2.15. The molecule has 31 heavy (non-hydrogen) atoms. The lowest BCUT2D eigenvalue weighted by atomic mass is 10.0. The van der Waals surface area contributed by atoms with Crippen molar-refractivity contribution in [2.75, 3.05) is 11.9 Å². The molecule has 0 saturated heterocycles. The average Bonchev–Trinajstić information content (AvgIpc) is 3.18. The van der Waals surface area contributed by atoms with Gasteiger partial charge in [-0.25, -0.2) is 9.59 Å². The second-order valence-corrected chi connectivity index (χ2v) is 7.54. The van der Waals surface area contributed by atoms with Crippen LogP contribution in [0.25, 0.3) is 11.1 Å². The molecule has 0 amide bonds. The molecule has 1 aromatic heterocycles. The van der Waals surface area contributed by atoms with E-state index in [-0.39, 0.29) is 17.9 Å². The van der Waals surface area contributed by atoms with Crippen molar-refractivity contribution >= 4 is 34.1 Å². The third kappa shape index (κ3) is 5.26. The predicted octanol–water partition coefficient (Wildman–Crippen LogP) is 5.16. The van der Waals surface area contributed by atoms with E-state index in [1.165, 1.54) is 11.3 Å². The fourth-order valence-electron chi connectivity index (χ4n) is 2.89. The van der Waals surface area contributed by atoms with Crippen LogP contribution < -0.4 is 5.32 Å². The van der Waals surface area contributed by atoms with Crippen LogP contribution in [-0.2, 0) is 9.53 Å². The zero-order valence-corrected chi connectivity index (χ0v) is 17.9. The lowest BCUT2D eigenvalue weighted by molar-refractivity contribution is -0.132. The van der Waals surface area contributed by atoms with Crippen LogP contribution >= 0.6 is 11.3 Å². The van der Waals surface area contributed by atoms with Crippen molar-refractivity contribution in [3.05, 3.63) is 88.4 Å². The Bertz CT molecular complexity index is 1130. The maximum absolute atomic E-state index is 12.7. The molecule has 3 aromatic rings. The van der Waals surface area contributed by atoms with E-state index in [0.29, 0.717) is 16.1 Å². The highest BCUT2D eigenvalue weighted by atomic mass is 32.1. The number of rotatable bonds is 8. The summed E-state index contributed by atoms with van der Waals surface area (Å²) in [6, 6.07) is 16.1. The number of hydrogen-bond acceptors (Lipinski definition) is 6. The molecular weight excluding hydrogens is 414 g/mol. The number of ether oxygens (including phenoxy) is 1. The fourth-order valence-corrected chi connectivity index (χ4v) is 3.86. The van der Waals surface area contributed by atoms with Crippen LogP contribution in [0.5, 0.6) is 0 Å². The smallest absolute Gasteiger partial charge is 0.352 e. The third-order valence-electron chi connectivity index (χ3n) is 4.45. The number of nitrogens with one attached hydrogen (secondary N) is 1. The van der Waals surface area contributed by atoms with Gasteiger partial charge in [0.05, 0.1) is 6.61 Å². The van der Waals surface area contributed by atoms with Gasteiger partial charge < -0.3 is 15.2 Å². The molecule has 1 heterocycles. The van der Waals surface area contributed by atoms with Gasteiger partial charge >= 0.3 is 11.9 Å². The standard InChI is InChI=1S/C24H21NO5S/c1-3-30-24(29)21-18(16-7-5-4-6-8-16)14-31-22(21)25-19(23(27)28)13-20(26)17-11-9-15(2)10-12-17/h4-14,25H,3H2,1-2H3,(H,27,28). The molecule has 0 radical (unpaired) electrons. The molecule has 7 heteroatoms. The van der Waals surface area contributed by atoms with Crippen molar-refractivity contribution in [2.45, 2.75) is 13.8 Å². The number of thiophene rings is 1. The minimum Gasteiger partial charge on any atom is -0.477 e. The number of anilines is 1. The van der Waals surface area contributed by atoms with Gasteiger partial charge in [0, 0.05) is 22.6 Å². The van der Waals surface area contributed by atoms with Crippen molar-refractivity contribution in [1.82, 2.24) is 0 Å². The molecule has 2 N–H and O–H groups in total. The van der Waals surface area contributed by atoms with Crippen molar-refractivity contribution < 1.29 is 24.2 Å². The Morgan fingerprint density at radius 3 is 2.35 bits per heavy atom. The SMILES string of the molecule is CCOC(=O)c1c(-c2ccccc2)csc1NC(=CC(=O)c1ccc(C)cc1)C(=O)O.